The molecule has 0 aromatic heterocycles. The van der Waals surface area contributed by atoms with Crippen LogP contribution in [0.1, 0.15) is 33.1 Å². The molecule has 0 aromatic carbocycles. The van der Waals surface area contributed by atoms with Gasteiger partial charge in [-0.25, -0.2) is 0 Å². The molecule has 1 fully saturated rings. The highest BCUT2D eigenvalue weighted by Crippen LogP contribution is 2.31. The van der Waals surface area contributed by atoms with E-state index in [0.717, 1.165) is 32.5 Å². The van der Waals surface area contributed by atoms with Crippen molar-refractivity contribution in [3.8, 4) is 0 Å². The molecule has 1 saturated carbocycles. The van der Waals surface area contributed by atoms with Gasteiger partial charge in [-0.15, -0.1) is 0 Å². The minimum Gasteiger partial charge on any atom is -0.393 e. The Hall–Kier alpha value is -0.0800. The van der Waals surface area contributed by atoms with Gasteiger partial charge in [-0.1, -0.05) is 13.8 Å². The van der Waals surface area contributed by atoms with Crippen molar-refractivity contribution < 1.29 is 9.84 Å². The van der Waals surface area contributed by atoms with Crippen molar-refractivity contribution in [1.82, 2.24) is 0 Å². The summed E-state index contributed by atoms with van der Waals surface area (Å²) in [4.78, 5) is 0. The molecule has 0 spiro atoms. The maximum absolute atomic E-state index is 9.47. The Morgan fingerprint density at radius 1 is 1.42 bits per heavy atom. The first-order valence-corrected chi connectivity index (χ1v) is 5.01. The molecule has 1 N–H and O–H groups in total. The van der Waals surface area contributed by atoms with Gasteiger partial charge in [-0.05, 0) is 31.1 Å². The smallest absolute Gasteiger partial charge is 0.0569 e. The van der Waals surface area contributed by atoms with Gasteiger partial charge in [0.1, 0.15) is 0 Å². The van der Waals surface area contributed by atoms with Crippen LogP contribution in [-0.4, -0.2) is 24.4 Å². The molecule has 0 bridgehead atoms. The topological polar surface area (TPSA) is 29.5 Å². The van der Waals surface area contributed by atoms with E-state index in [1.165, 1.54) is 0 Å². The van der Waals surface area contributed by atoms with Crippen molar-refractivity contribution in [2.24, 2.45) is 11.8 Å². The molecule has 3 unspecified atom stereocenters. The molecule has 0 aliphatic heterocycles. The van der Waals surface area contributed by atoms with E-state index >= 15 is 0 Å². The Bertz CT molecular complexity index is 125. The van der Waals surface area contributed by atoms with Gasteiger partial charge in [0, 0.05) is 13.2 Å². The second-order valence-corrected chi connectivity index (χ2v) is 3.84. The minimum absolute atomic E-state index is 0.0831. The van der Waals surface area contributed by atoms with E-state index in [-0.39, 0.29) is 6.10 Å². The second kappa shape index (κ2) is 4.83. The summed E-state index contributed by atoms with van der Waals surface area (Å²) in [6, 6.07) is 0. The lowest BCUT2D eigenvalue weighted by Gasteiger charge is -2.16. The first-order chi connectivity index (χ1) is 5.75. The average molecular weight is 172 g/mol. The fourth-order valence-electron chi connectivity index (χ4n) is 1.84. The van der Waals surface area contributed by atoms with E-state index < -0.39 is 0 Å². The van der Waals surface area contributed by atoms with Gasteiger partial charge in [-0.3, -0.25) is 0 Å². The van der Waals surface area contributed by atoms with Crippen LogP contribution in [0.3, 0.4) is 0 Å². The molecule has 3 atom stereocenters. The Labute approximate surface area is 74.9 Å². The molecule has 0 amide bonds. The predicted molar refractivity (Wildman–Crippen MR) is 49.0 cm³/mol. The molecule has 0 aromatic rings. The summed E-state index contributed by atoms with van der Waals surface area (Å²) in [6.07, 6.45) is 3.09. The maximum Gasteiger partial charge on any atom is 0.0569 e. The average Bonchev–Trinajstić information content (AvgIpc) is 2.36. The summed E-state index contributed by atoms with van der Waals surface area (Å²) >= 11 is 0. The highest BCUT2D eigenvalue weighted by atomic mass is 16.5. The van der Waals surface area contributed by atoms with Crippen LogP contribution >= 0.6 is 0 Å². The SMILES string of the molecule is CCCOCC1CCC(O)C1C. The standard InChI is InChI=1S/C10H20O2/c1-3-6-12-7-9-4-5-10(11)8(9)2/h8-11H,3-7H2,1-2H3. The van der Waals surface area contributed by atoms with E-state index in [1.54, 1.807) is 0 Å². The quantitative estimate of drug-likeness (QED) is 0.655. The number of ether oxygens (including phenoxy) is 1. The monoisotopic (exact) mass is 172 g/mol. The normalized spacial score (nSPS) is 35.8. The molecule has 1 aliphatic carbocycles. The zero-order valence-corrected chi connectivity index (χ0v) is 8.12. The highest BCUT2D eigenvalue weighted by molar-refractivity contribution is 4.81. The van der Waals surface area contributed by atoms with Crippen LogP contribution in [0.25, 0.3) is 0 Å². The third-order valence-electron chi connectivity index (χ3n) is 2.86. The Morgan fingerprint density at radius 3 is 2.67 bits per heavy atom. The lowest BCUT2D eigenvalue weighted by molar-refractivity contribution is 0.0654. The molecule has 0 saturated heterocycles. The van der Waals surface area contributed by atoms with Gasteiger partial charge in [0.25, 0.3) is 0 Å². The molecule has 0 radical (unpaired) electrons. The van der Waals surface area contributed by atoms with Crippen LogP contribution in [0, 0.1) is 11.8 Å². The van der Waals surface area contributed by atoms with Crippen molar-refractivity contribution in [2.45, 2.75) is 39.2 Å². The van der Waals surface area contributed by atoms with Gasteiger partial charge in [-0.2, -0.15) is 0 Å². The zero-order valence-electron chi connectivity index (χ0n) is 8.12. The summed E-state index contributed by atoms with van der Waals surface area (Å²) in [7, 11) is 0. The summed E-state index contributed by atoms with van der Waals surface area (Å²) in [5.74, 6) is 1.02. The van der Waals surface area contributed by atoms with Gasteiger partial charge >= 0.3 is 0 Å². The van der Waals surface area contributed by atoms with E-state index in [2.05, 4.69) is 13.8 Å². The van der Waals surface area contributed by atoms with Crippen LogP contribution < -0.4 is 0 Å². The van der Waals surface area contributed by atoms with Crippen molar-refractivity contribution in [3.05, 3.63) is 0 Å². The summed E-state index contributed by atoms with van der Waals surface area (Å²) < 4.78 is 5.47. The predicted octanol–water partition coefficient (Wildman–Crippen LogP) is 1.82. The fourth-order valence-corrected chi connectivity index (χ4v) is 1.84. The molecule has 2 nitrogen and oxygen atoms in total. The van der Waals surface area contributed by atoms with Crippen LogP contribution in [0.2, 0.25) is 0 Å². The summed E-state index contributed by atoms with van der Waals surface area (Å²) in [5.41, 5.74) is 0. The highest BCUT2D eigenvalue weighted by Gasteiger charge is 2.30. The van der Waals surface area contributed by atoms with Crippen molar-refractivity contribution in [2.75, 3.05) is 13.2 Å². The Balaban J connectivity index is 2.16. The molecule has 0 heterocycles. The largest absolute Gasteiger partial charge is 0.393 e. The third kappa shape index (κ3) is 2.46. The van der Waals surface area contributed by atoms with Crippen LogP contribution in [0.15, 0.2) is 0 Å². The molecule has 1 rings (SSSR count). The van der Waals surface area contributed by atoms with Gasteiger partial charge in [0.05, 0.1) is 6.10 Å². The molecule has 72 valence electrons. The first-order valence-electron chi connectivity index (χ1n) is 5.01. The van der Waals surface area contributed by atoms with Crippen molar-refractivity contribution in [1.29, 1.82) is 0 Å². The minimum atomic E-state index is -0.0831. The van der Waals surface area contributed by atoms with Gasteiger partial charge < -0.3 is 9.84 Å². The van der Waals surface area contributed by atoms with Crippen LogP contribution in [0.4, 0.5) is 0 Å². The lowest BCUT2D eigenvalue weighted by atomic mass is 9.98. The number of aliphatic hydroxyl groups excluding tert-OH is 1. The molecule has 12 heavy (non-hydrogen) atoms. The molecule has 2 heteroatoms. The van der Waals surface area contributed by atoms with E-state index in [9.17, 15) is 5.11 Å². The van der Waals surface area contributed by atoms with Crippen LogP contribution in [-0.2, 0) is 4.74 Å². The van der Waals surface area contributed by atoms with Crippen molar-refractivity contribution >= 4 is 0 Å². The number of hydrogen-bond donors (Lipinski definition) is 1. The maximum atomic E-state index is 9.47. The zero-order chi connectivity index (χ0) is 8.97. The Kier molecular flexibility index (Phi) is 4.02. The van der Waals surface area contributed by atoms with Gasteiger partial charge in [0.15, 0.2) is 0 Å². The number of aliphatic hydroxyl groups is 1. The summed E-state index contributed by atoms with van der Waals surface area (Å²) in [5, 5.41) is 9.47. The fraction of sp³-hybridized carbons (Fsp3) is 1.00. The molecular formula is C10H20O2. The second-order valence-electron chi connectivity index (χ2n) is 3.84. The lowest BCUT2D eigenvalue weighted by Crippen LogP contribution is -2.19. The van der Waals surface area contributed by atoms with E-state index in [4.69, 9.17) is 4.74 Å². The molecule has 1 aliphatic rings. The van der Waals surface area contributed by atoms with E-state index in [1.807, 2.05) is 0 Å². The van der Waals surface area contributed by atoms with Crippen molar-refractivity contribution in [3.63, 3.8) is 0 Å². The summed E-state index contributed by atoms with van der Waals surface area (Å²) in [6.45, 7) is 5.94. The third-order valence-corrected chi connectivity index (χ3v) is 2.86. The number of hydrogen-bond acceptors (Lipinski definition) is 2. The Morgan fingerprint density at radius 2 is 2.17 bits per heavy atom. The van der Waals surface area contributed by atoms with E-state index in [0.29, 0.717) is 11.8 Å². The van der Waals surface area contributed by atoms with Crippen LogP contribution in [0.5, 0.6) is 0 Å². The number of rotatable bonds is 4. The first kappa shape index (κ1) is 10.0. The van der Waals surface area contributed by atoms with Gasteiger partial charge in [0.2, 0.25) is 0 Å². The molecular weight excluding hydrogens is 152 g/mol.